The summed E-state index contributed by atoms with van der Waals surface area (Å²) < 4.78 is 27.7. The molecule has 6 heteroatoms. The predicted molar refractivity (Wildman–Crippen MR) is 56.2 cm³/mol. The van der Waals surface area contributed by atoms with Gasteiger partial charge in [0.1, 0.15) is 11.8 Å². The van der Waals surface area contributed by atoms with Crippen molar-refractivity contribution in [1.82, 2.24) is 0 Å². The molecule has 1 aliphatic rings. The zero-order chi connectivity index (χ0) is 11.8. The third-order valence-electron chi connectivity index (χ3n) is 2.22. The van der Waals surface area contributed by atoms with Gasteiger partial charge in [-0.25, -0.2) is 13.6 Å². The molecule has 0 aromatic heterocycles. The lowest BCUT2D eigenvalue weighted by Crippen LogP contribution is -2.12. The Morgan fingerprint density at radius 2 is 2.12 bits per heavy atom. The number of hydrogen-bond donors (Lipinski definition) is 1. The molecule has 2 N–H and O–H groups in total. The molecule has 2 rings (SSSR count). The molecule has 1 fully saturated rings. The first kappa shape index (κ1) is 10.9. The van der Waals surface area contributed by atoms with E-state index in [1.807, 2.05) is 6.07 Å². The summed E-state index contributed by atoms with van der Waals surface area (Å²) in [6.07, 6.45) is 1.97. The predicted octanol–water partition coefficient (Wildman–Crippen LogP) is 0.747. The highest BCUT2D eigenvalue weighted by Gasteiger charge is 2.25. The Hall–Kier alpha value is -1.58. The largest absolute Gasteiger partial charge is 0.489 e. The van der Waals surface area contributed by atoms with Gasteiger partial charge in [0, 0.05) is 6.07 Å². The Morgan fingerprint density at radius 3 is 2.62 bits per heavy atom. The maximum Gasteiger partial charge on any atom is 0.238 e. The number of hydrogen-bond acceptors (Lipinski definition) is 4. The van der Waals surface area contributed by atoms with Gasteiger partial charge in [0.2, 0.25) is 10.0 Å². The van der Waals surface area contributed by atoms with Gasteiger partial charge in [-0.1, -0.05) is 0 Å². The number of primary sulfonamides is 1. The number of ether oxygens (including phenoxy) is 1. The quantitative estimate of drug-likeness (QED) is 0.840. The summed E-state index contributed by atoms with van der Waals surface area (Å²) in [6, 6.07) is 5.94. The average molecular weight is 238 g/mol. The van der Waals surface area contributed by atoms with Crippen LogP contribution in [0.2, 0.25) is 0 Å². The van der Waals surface area contributed by atoms with Crippen molar-refractivity contribution in [3.05, 3.63) is 23.8 Å². The van der Waals surface area contributed by atoms with E-state index >= 15 is 0 Å². The van der Waals surface area contributed by atoms with Gasteiger partial charge < -0.3 is 4.74 Å². The van der Waals surface area contributed by atoms with Crippen molar-refractivity contribution in [1.29, 1.82) is 5.26 Å². The third kappa shape index (κ3) is 2.32. The van der Waals surface area contributed by atoms with Gasteiger partial charge in [-0.2, -0.15) is 5.26 Å². The van der Waals surface area contributed by atoms with Crippen LogP contribution in [0.15, 0.2) is 23.1 Å². The van der Waals surface area contributed by atoms with E-state index < -0.39 is 10.0 Å². The Kier molecular flexibility index (Phi) is 2.58. The van der Waals surface area contributed by atoms with Crippen molar-refractivity contribution < 1.29 is 13.2 Å². The summed E-state index contributed by atoms with van der Waals surface area (Å²) in [6.45, 7) is 0. The second-order valence-electron chi connectivity index (χ2n) is 3.63. The van der Waals surface area contributed by atoms with Crippen LogP contribution in [0.25, 0.3) is 0 Å². The summed E-state index contributed by atoms with van der Waals surface area (Å²) in [4.78, 5) is -0.0397. The number of rotatable bonds is 3. The van der Waals surface area contributed by atoms with Gasteiger partial charge in [-0.05, 0) is 25.0 Å². The van der Waals surface area contributed by atoms with Crippen LogP contribution in [-0.2, 0) is 10.0 Å². The van der Waals surface area contributed by atoms with Crippen molar-refractivity contribution >= 4 is 10.0 Å². The van der Waals surface area contributed by atoms with Crippen LogP contribution in [0.5, 0.6) is 5.75 Å². The molecule has 0 bridgehead atoms. The van der Waals surface area contributed by atoms with Crippen molar-refractivity contribution in [3.63, 3.8) is 0 Å². The van der Waals surface area contributed by atoms with Gasteiger partial charge in [0.15, 0.2) is 0 Å². The van der Waals surface area contributed by atoms with E-state index in [9.17, 15) is 8.42 Å². The fourth-order valence-corrected chi connectivity index (χ4v) is 1.76. The number of nitrogens with zero attached hydrogens (tertiary/aromatic N) is 1. The van der Waals surface area contributed by atoms with E-state index in [1.165, 1.54) is 18.2 Å². The van der Waals surface area contributed by atoms with Crippen molar-refractivity contribution in [2.45, 2.75) is 23.8 Å². The van der Waals surface area contributed by atoms with Crippen molar-refractivity contribution in [2.24, 2.45) is 5.14 Å². The molecule has 0 heterocycles. The molecule has 1 aliphatic carbocycles. The van der Waals surface area contributed by atoms with Gasteiger partial charge in [0.25, 0.3) is 0 Å². The fourth-order valence-electron chi connectivity index (χ4n) is 1.23. The highest BCUT2D eigenvalue weighted by molar-refractivity contribution is 7.89. The summed E-state index contributed by atoms with van der Waals surface area (Å²) >= 11 is 0. The van der Waals surface area contributed by atoms with Crippen molar-refractivity contribution in [3.8, 4) is 11.8 Å². The molecule has 0 spiro atoms. The van der Waals surface area contributed by atoms with E-state index in [0.29, 0.717) is 5.56 Å². The standard InChI is InChI=1S/C10H10N2O3S/c11-6-7-1-4-9(16(12,13)14)5-10(7)15-8-2-3-8/h1,4-5,8H,2-3H2,(H2,12,13,14). The van der Waals surface area contributed by atoms with Crippen LogP contribution < -0.4 is 9.88 Å². The van der Waals surface area contributed by atoms with Crippen LogP contribution in [-0.4, -0.2) is 14.5 Å². The third-order valence-corrected chi connectivity index (χ3v) is 3.13. The van der Waals surface area contributed by atoms with Crippen LogP contribution in [0.3, 0.4) is 0 Å². The maximum atomic E-state index is 11.1. The molecule has 0 amide bonds. The minimum absolute atomic E-state index is 0.0397. The van der Waals surface area contributed by atoms with Gasteiger partial charge >= 0.3 is 0 Å². The molecule has 0 unspecified atom stereocenters. The summed E-state index contributed by atoms with van der Waals surface area (Å²) in [5.41, 5.74) is 0.319. The summed E-state index contributed by atoms with van der Waals surface area (Å²) in [5.74, 6) is 0.288. The number of nitriles is 1. The first-order chi connectivity index (χ1) is 7.50. The van der Waals surface area contributed by atoms with Gasteiger partial charge in [-0.15, -0.1) is 0 Å². The normalized spacial score (nSPS) is 15.5. The number of benzene rings is 1. The van der Waals surface area contributed by atoms with Crippen LogP contribution in [0.1, 0.15) is 18.4 Å². The van der Waals surface area contributed by atoms with Crippen LogP contribution >= 0.6 is 0 Å². The molecule has 0 saturated heterocycles. The SMILES string of the molecule is N#Cc1ccc(S(N)(=O)=O)cc1OC1CC1. The van der Waals surface area contributed by atoms with E-state index in [4.69, 9.17) is 15.1 Å². The minimum atomic E-state index is -3.76. The smallest absolute Gasteiger partial charge is 0.238 e. The second kappa shape index (κ2) is 3.77. The monoisotopic (exact) mass is 238 g/mol. The molecule has 84 valence electrons. The zero-order valence-electron chi connectivity index (χ0n) is 8.38. The molecule has 16 heavy (non-hydrogen) atoms. The lowest BCUT2D eigenvalue weighted by Gasteiger charge is -2.07. The van der Waals surface area contributed by atoms with E-state index in [0.717, 1.165) is 12.8 Å². The summed E-state index contributed by atoms with van der Waals surface area (Å²) in [5, 5.41) is 13.8. The number of sulfonamides is 1. The number of nitrogens with two attached hydrogens (primary N) is 1. The van der Waals surface area contributed by atoms with Crippen LogP contribution in [0.4, 0.5) is 0 Å². The first-order valence-electron chi connectivity index (χ1n) is 4.74. The first-order valence-corrected chi connectivity index (χ1v) is 6.29. The molecule has 5 nitrogen and oxygen atoms in total. The lowest BCUT2D eigenvalue weighted by atomic mass is 10.2. The topological polar surface area (TPSA) is 93.2 Å². The average Bonchev–Trinajstić information content (AvgIpc) is 3.00. The second-order valence-corrected chi connectivity index (χ2v) is 5.19. The Morgan fingerprint density at radius 1 is 1.44 bits per heavy atom. The Bertz CT molecular complexity index is 556. The van der Waals surface area contributed by atoms with E-state index in [-0.39, 0.29) is 16.7 Å². The molecular weight excluding hydrogens is 228 g/mol. The lowest BCUT2D eigenvalue weighted by molar-refractivity contribution is 0.301. The molecule has 0 atom stereocenters. The van der Waals surface area contributed by atoms with Gasteiger partial charge in [0.05, 0.1) is 16.6 Å². The van der Waals surface area contributed by atoms with Crippen LogP contribution in [0, 0.1) is 11.3 Å². The zero-order valence-corrected chi connectivity index (χ0v) is 9.20. The molecule has 0 aliphatic heterocycles. The van der Waals surface area contributed by atoms with E-state index in [1.54, 1.807) is 0 Å². The fraction of sp³-hybridized carbons (Fsp3) is 0.300. The molecule has 0 radical (unpaired) electrons. The highest BCUT2D eigenvalue weighted by Crippen LogP contribution is 2.30. The Labute approximate surface area is 93.5 Å². The molecule has 1 saturated carbocycles. The van der Waals surface area contributed by atoms with Gasteiger partial charge in [-0.3, -0.25) is 0 Å². The molecule has 1 aromatic carbocycles. The highest BCUT2D eigenvalue weighted by atomic mass is 32.2. The maximum absolute atomic E-state index is 11.1. The summed E-state index contributed by atoms with van der Waals surface area (Å²) in [7, 11) is -3.76. The molecular formula is C10H10N2O3S. The van der Waals surface area contributed by atoms with Crippen molar-refractivity contribution in [2.75, 3.05) is 0 Å². The Balaban J connectivity index is 2.42. The minimum Gasteiger partial charge on any atom is -0.489 e. The molecule has 1 aromatic rings. The van der Waals surface area contributed by atoms with E-state index in [2.05, 4.69) is 0 Å².